The summed E-state index contributed by atoms with van der Waals surface area (Å²) in [6, 6.07) is 4.23. The smallest absolute Gasteiger partial charge is 0.252 e. The SMILES string of the molecule is C=CC(C)c1cc(COC)cc(C(C)C)c1CCNS(=O)(=O)c1sc(C(C)(C)O)nc1CO. The minimum Gasteiger partial charge on any atom is -0.390 e. The third-order valence-corrected chi connectivity index (χ3v) is 8.82. The summed E-state index contributed by atoms with van der Waals surface area (Å²) in [5.74, 6) is 0.351. The van der Waals surface area contributed by atoms with Gasteiger partial charge in [-0.3, -0.25) is 0 Å². The summed E-state index contributed by atoms with van der Waals surface area (Å²) in [4.78, 5) is 4.12. The number of sulfonamides is 1. The minimum atomic E-state index is -3.91. The fourth-order valence-electron chi connectivity index (χ4n) is 3.65. The highest BCUT2D eigenvalue weighted by Crippen LogP contribution is 2.32. The van der Waals surface area contributed by atoms with Crippen molar-refractivity contribution in [3.8, 4) is 0 Å². The quantitative estimate of drug-likeness (QED) is 0.384. The van der Waals surface area contributed by atoms with Crippen LogP contribution in [-0.2, 0) is 40.0 Å². The van der Waals surface area contributed by atoms with Gasteiger partial charge >= 0.3 is 0 Å². The van der Waals surface area contributed by atoms with E-state index < -0.39 is 22.2 Å². The second-order valence-electron chi connectivity index (χ2n) is 8.98. The number of benzene rings is 1. The summed E-state index contributed by atoms with van der Waals surface area (Å²) in [7, 11) is -2.24. The molecule has 0 bridgehead atoms. The maximum Gasteiger partial charge on any atom is 0.252 e. The van der Waals surface area contributed by atoms with E-state index in [0.29, 0.717) is 13.0 Å². The van der Waals surface area contributed by atoms with Gasteiger partial charge in [0.05, 0.1) is 18.9 Å². The Morgan fingerprint density at radius 3 is 2.42 bits per heavy atom. The molecule has 184 valence electrons. The fraction of sp³-hybridized carbons (Fsp3) is 0.542. The number of nitrogens with zero attached hydrogens (tertiary/aromatic N) is 1. The Labute approximate surface area is 201 Å². The van der Waals surface area contributed by atoms with Crippen LogP contribution in [0.3, 0.4) is 0 Å². The molecule has 0 aliphatic carbocycles. The number of allylic oxidation sites excluding steroid dienone is 1. The van der Waals surface area contributed by atoms with Gasteiger partial charge in [0.1, 0.15) is 10.6 Å². The van der Waals surface area contributed by atoms with Gasteiger partial charge in [-0.25, -0.2) is 18.1 Å². The lowest BCUT2D eigenvalue weighted by Crippen LogP contribution is -2.27. The number of methoxy groups -OCH3 is 1. The number of hydrogen-bond acceptors (Lipinski definition) is 7. The standard InChI is InChI=1S/C24H36N2O5S2/c1-8-16(4)20-12-17(14-31-7)11-19(15(2)3)18(20)9-10-25-33(29,30)22-21(13-27)26-23(32-22)24(5,6)28/h8,11-12,15-16,25,27-28H,1,9-10,13-14H2,2-7H3. The Hall–Kier alpha value is -1.62. The molecule has 1 aromatic heterocycles. The molecule has 0 saturated carbocycles. The van der Waals surface area contributed by atoms with Gasteiger partial charge < -0.3 is 14.9 Å². The molecule has 0 fully saturated rings. The van der Waals surface area contributed by atoms with Crippen LogP contribution in [0.25, 0.3) is 0 Å². The second-order valence-corrected chi connectivity index (χ2v) is 11.9. The normalized spacial score (nSPS) is 13.5. The fourth-order valence-corrected chi connectivity index (χ4v) is 6.24. The summed E-state index contributed by atoms with van der Waals surface area (Å²) >= 11 is 0.873. The first-order valence-corrected chi connectivity index (χ1v) is 13.3. The van der Waals surface area contributed by atoms with Crippen LogP contribution < -0.4 is 4.72 Å². The number of rotatable bonds is 12. The van der Waals surface area contributed by atoms with Crippen molar-refractivity contribution in [3.63, 3.8) is 0 Å². The van der Waals surface area contributed by atoms with Gasteiger partial charge in [0.25, 0.3) is 10.0 Å². The molecule has 33 heavy (non-hydrogen) atoms. The lowest BCUT2D eigenvalue weighted by Gasteiger charge is -2.22. The van der Waals surface area contributed by atoms with Gasteiger partial charge in [0.15, 0.2) is 4.21 Å². The first-order chi connectivity index (χ1) is 15.3. The largest absolute Gasteiger partial charge is 0.390 e. The molecule has 0 spiro atoms. The molecule has 2 rings (SSSR count). The van der Waals surface area contributed by atoms with Crippen molar-refractivity contribution in [2.45, 2.75) is 75.9 Å². The van der Waals surface area contributed by atoms with Crippen molar-refractivity contribution in [2.75, 3.05) is 13.7 Å². The molecule has 0 aliphatic heterocycles. The second kappa shape index (κ2) is 11.2. The van der Waals surface area contributed by atoms with Crippen molar-refractivity contribution in [1.29, 1.82) is 0 Å². The summed E-state index contributed by atoms with van der Waals surface area (Å²) in [5, 5.41) is 20.0. The number of thiazole rings is 1. The van der Waals surface area contributed by atoms with Gasteiger partial charge in [0, 0.05) is 13.7 Å². The van der Waals surface area contributed by atoms with E-state index in [0.717, 1.165) is 33.6 Å². The van der Waals surface area contributed by atoms with Gasteiger partial charge in [-0.2, -0.15) is 0 Å². The molecular weight excluding hydrogens is 460 g/mol. The molecular formula is C24H36N2O5S2. The zero-order valence-electron chi connectivity index (χ0n) is 20.3. The molecule has 1 aromatic carbocycles. The molecule has 9 heteroatoms. The van der Waals surface area contributed by atoms with Gasteiger partial charge in [-0.05, 0) is 54.4 Å². The van der Waals surface area contributed by atoms with E-state index in [1.165, 1.54) is 13.8 Å². The minimum absolute atomic E-state index is 0.0392. The van der Waals surface area contributed by atoms with Gasteiger partial charge in [-0.1, -0.05) is 39.0 Å². The summed E-state index contributed by atoms with van der Waals surface area (Å²) in [6.07, 6.45) is 2.38. The van der Waals surface area contributed by atoms with Crippen LogP contribution in [0, 0.1) is 0 Å². The van der Waals surface area contributed by atoms with Gasteiger partial charge in [-0.15, -0.1) is 17.9 Å². The van der Waals surface area contributed by atoms with Crippen LogP contribution >= 0.6 is 11.3 Å². The van der Waals surface area contributed by atoms with Crippen molar-refractivity contribution in [1.82, 2.24) is 9.71 Å². The number of aliphatic hydroxyl groups is 2. The monoisotopic (exact) mass is 496 g/mol. The van der Waals surface area contributed by atoms with E-state index in [4.69, 9.17) is 4.74 Å². The zero-order chi connectivity index (χ0) is 25.0. The molecule has 0 saturated heterocycles. The summed E-state index contributed by atoms with van der Waals surface area (Å²) < 4.78 is 33.9. The third kappa shape index (κ3) is 6.71. The molecule has 0 aliphatic rings. The molecule has 7 nitrogen and oxygen atoms in total. The number of ether oxygens (including phenoxy) is 1. The highest BCUT2D eigenvalue weighted by atomic mass is 32.2. The molecule has 3 N–H and O–H groups in total. The average Bonchev–Trinajstić information content (AvgIpc) is 3.20. The predicted octanol–water partition coefficient (Wildman–Crippen LogP) is 3.94. The summed E-state index contributed by atoms with van der Waals surface area (Å²) in [6.45, 7) is 13.5. The lowest BCUT2D eigenvalue weighted by atomic mass is 9.85. The molecule has 2 aromatic rings. The highest BCUT2D eigenvalue weighted by molar-refractivity contribution is 7.91. The van der Waals surface area contributed by atoms with Crippen LogP contribution in [0.2, 0.25) is 0 Å². The van der Waals surface area contributed by atoms with E-state index in [1.54, 1.807) is 7.11 Å². The van der Waals surface area contributed by atoms with E-state index in [9.17, 15) is 18.6 Å². The Bertz CT molecular complexity index is 1070. The first-order valence-electron chi connectivity index (χ1n) is 11.0. The van der Waals surface area contributed by atoms with Crippen molar-refractivity contribution < 1.29 is 23.4 Å². The highest BCUT2D eigenvalue weighted by Gasteiger charge is 2.29. The van der Waals surface area contributed by atoms with Gasteiger partial charge in [0.2, 0.25) is 0 Å². The Kier molecular flexibility index (Phi) is 9.38. The maximum atomic E-state index is 13.0. The predicted molar refractivity (Wildman–Crippen MR) is 132 cm³/mol. The molecule has 0 radical (unpaired) electrons. The molecule has 1 heterocycles. The number of aliphatic hydroxyl groups excluding tert-OH is 1. The molecule has 0 amide bonds. The number of nitrogens with one attached hydrogen (secondary N) is 1. The number of aromatic nitrogens is 1. The van der Waals surface area contributed by atoms with Crippen LogP contribution in [0.5, 0.6) is 0 Å². The third-order valence-electron chi connectivity index (χ3n) is 5.40. The van der Waals surface area contributed by atoms with E-state index in [1.807, 2.05) is 6.08 Å². The average molecular weight is 497 g/mol. The van der Waals surface area contributed by atoms with E-state index >= 15 is 0 Å². The van der Waals surface area contributed by atoms with E-state index in [-0.39, 0.29) is 33.3 Å². The lowest BCUT2D eigenvalue weighted by molar-refractivity contribution is 0.0779. The Balaban J connectivity index is 2.36. The Morgan fingerprint density at radius 2 is 1.91 bits per heavy atom. The molecule has 1 unspecified atom stereocenters. The maximum absolute atomic E-state index is 13.0. The molecule has 1 atom stereocenters. The number of hydrogen-bond donors (Lipinski definition) is 3. The van der Waals surface area contributed by atoms with Crippen LogP contribution in [0.15, 0.2) is 29.0 Å². The van der Waals surface area contributed by atoms with Crippen LogP contribution in [0.1, 0.15) is 79.4 Å². The van der Waals surface area contributed by atoms with E-state index in [2.05, 4.69) is 49.2 Å². The van der Waals surface area contributed by atoms with Crippen LogP contribution in [-0.4, -0.2) is 37.3 Å². The van der Waals surface area contributed by atoms with Crippen molar-refractivity contribution >= 4 is 21.4 Å². The van der Waals surface area contributed by atoms with Crippen LogP contribution in [0.4, 0.5) is 0 Å². The first kappa shape index (κ1) is 27.6. The topological polar surface area (TPSA) is 109 Å². The van der Waals surface area contributed by atoms with Crippen molar-refractivity contribution in [2.24, 2.45) is 0 Å². The summed E-state index contributed by atoms with van der Waals surface area (Å²) in [5.41, 5.74) is 3.19. The van der Waals surface area contributed by atoms with Crippen molar-refractivity contribution in [3.05, 3.63) is 57.7 Å². The Morgan fingerprint density at radius 1 is 1.27 bits per heavy atom. The zero-order valence-corrected chi connectivity index (χ0v) is 21.9.